The fourth-order valence-corrected chi connectivity index (χ4v) is 2.22. The van der Waals surface area contributed by atoms with E-state index in [0.29, 0.717) is 23.1 Å². The zero-order valence-electron chi connectivity index (χ0n) is 11.9. The molecule has 1 heterocycles. The molecule has 1 aromatic heterocycles. The maximum absolute atomic E-state index is 5.82. The first-order chi connectivity index (χ1) is 9.64. The molecule has 5 nitrogen and oxygen atoms in total. The van der Waals surface area contributed by atoms with E-state index in [4.69, 9.17) is 25.8 Å². The summed E-state index contributed by atoms with van der Waals surface area (Å²) in [4.78, 5) is 0. The minimum absolute atomic E-state index is 0.373. The fourth-order valence-electron chi connectivity index (χ4n) is 2.09. The van der Waals surface area contributed by atoms with Crippen molar-refractivity contribution >= 4 is 11.6 Å². The number of alkyl halides is 1. The summed E-state index contributed by atoms with van der Waals surface area (Å²) >= 11 is 5.82. The lowest BCUT2D eigenvalue weighted by Crippen LogP contribution is -1.98. The molecular formula is C14H17ClN2O3. The zero-order chi connectivity index (χ0) is 14.7. The van der Waals surface area contributed by atoms with Gasteiger partial charge in [-0.25, -0.2) is 0 Å². The van der Waals surface area contributed by atoms with Crippen LogP contribution in [0.4, 0.5) is 0 Å². The molecule has 0 aliphatic rings. The Hall–Kier alpha value is -1.88. The highest BCUT2D eigenvalue weighted by molar-refractivity contribution is 6.16. The molecule has 0 atom stereocenters. The molecule has 0 radical (unpaired) electrons. The lowest BCUT2D eigenvalue weighted by atomic mass is 10.1. The standard InChI is InChI=1S/C14H17ClN2O3/c1-17-11(7-10(8-15)16-17)9-5-12(18-2)14(20-4)13(6-9)19-3/h5-7H,8H2,1-4H3. The van der Waals surface area contributed by atoms with Gasteiger partial charge in [-0.05, 0) is 18.2 Å². The normalized spacial score (nSPS) is 10.4. The predicted octanol–water partition coefficient (Wildman–Crippen LogP) is 2.85. The van der Waals surface area contributed by atoms with Gasteiger partial charge in [0.15, 0.2) is 11.5 Å². The van der Waals surface area contributed by atoms with Crippen molar-refractivity contribution in [3.63, 3.8) is 0 Å². The summed E-state index contributed by atoms with van der Waals surface area (Å²) < 4.78 is 17.8. The van der Waals surface area contributed by atoms with E-state index < -0.39 is 0 Å². The van der Waals surface area contributed by atoms with E-state index >= 15 is 0 Å². The van der Waals surface area contributed by atoms with Crippen LogP contribution in [0.2, 0.25) is 0 Å². The van der Waals surface area contributed by atoms with Crippen LogP contribution in [-0.4, -0.2) is 31.1 Å². The van der Waals surface area contributed by atoms with Crippen molar-refractivity contribution in [1.82, 2.24) is 9.78 Å². The number of hydrogen-bond acceptors (Lipinski definition) is 4. The second-order valence-electron chi connectivity index (χ2n) is 4.19. The number of nitrogens with zero attached hydrogens (tertiary/aromatic N) is 2. The number of methoxy groups -OCH3 is 3. The maximum atomic E-state index is 5.82. The molecule has 2 rings (SSSR count). The molecule has 0 aliphatic heterocycles. The first kappa shape index (κ1) is 14.5. The Kier molecular flexibility index (Phi) is 4.39. The van der Waals surface area contributed by atoms with Crippen LogP contribution >= 0.6 is 11.6 Å². The Morgan fingerprint density at radius 1 is 1.05 bits per heavy atom. The molecular weight excluding hydrogens is 280 g/mol. The summed E-state index contributed by atoms with van der Waals surface area (Å²) in [5.41, 5.74) is 2.67. The van der Waals surface area contributed by atoms with Gasteiger partial charge < -0.3 is 14.2 Å². The van der Waals surface area contributed by atoms with E-state index in [2.05, 4.69) is 5.10 Å². The van der Waals surface area contributed by atoms with Crippen LogP contribution in [-0.2, 0) is 12.9 Å². The van der Waals surface area contributed by atoms with Crippen molar-refractivity contribution in [2.24, 2.45) is 7.05 Å². The van der Waals surface area contributed by atoms with Crippen LogP contribution in [0.25, 0.3) is 11.3 Å². The molecule has 0 N–H and O–H groups in total. The van der Waals surface area contributed by atoms with E-state index in [1.54, 1.807) is 26.0 Å². The Balaban J connectivity index is 2.59. The SMILES string of the molecule is COc1cc(-c2cc(CCl)nn2C)cc(OC)c1OC. The van der Waals surface area contributed by atoms with E-state index in [9.17, 15) is 0 Å². The molecule has 0 fully saturated rings. The first-order valence-corrected chi connectivity index (χ1v) is 6.57. The Labute approximate surface area is 123 Å². The van der Waals surface area contributed by atoms with Gasteiger partial charge in [-0.2, -0.15) is 5.10 Å². The van der Waals surface area contributed by atoms with Crippen molar-refractivity contribution in [2.75, 3.05) is 21.3 Å². The Bertz CT molecular complexity index is 585. The van der Waals surface area contributed by atoms with Crippen LogP contribution in [0.1, 0.15) is 5.69 Å². The van der Waals surface area contributed by atoms with Crippen molar-refractivity contribution in [2.45, 2.75) is 5.88 Å². The molecule has 0 bridgehead atoms. The van der Waals surface area contributed by atoms with Gasteiger partial charge in [0.2, 0.25) is 5.75 Å². The van der Waals surface area contributed by atoms with E-state index in [-0.39, 0.29) is 0 Å². The van der Waals surface area contributed by atoms with E-state index in [1.165, 1.54) is 0 Å². The van der Waals surface area contributed by atoms with E-state index in [1.807, 2.05) is 25.2 Å². The second kappa shape index (κ2) is 6.05. The summed E-state index contributed by atoms with van der Waals surface area (Å²) in [6, 6.07) is 5.71. The van der Waals surface area contributed by atoms with Gasteiger partial charge in [-0.1, -0.05) is 0 Å². The monoisotopic (exact) mass is 296 g/mol. The van der Waals surface area contributed by atoms with Gasteiger partial charge in [0.05, 0.1) is 38.6 Å². The number of halogens is 1. The minimum Gasteiger partial charge on any atom is -0.493 e. The van der Waals surface area contributed by atoms with Gasteiger partial charge in [-0.3, -0.25) is 4.68 Å². The van der Waals surface area contributed by atoms with Crippen molar-refractivity contribution < 1.29 is 14.2 Å². The van der Waals surface area contributed by atoms with Gasteiger partial charge in [0, 0.05) is 12.6 Å². The molecule has 1 aromatic carbocycles. The van der Waals surface area contributed by atoms with Crippen LogP contribution in [0, 0.1) is 0 Å². The summed E-state index contributed by atoms with van der Waals surface area (Å²) in [6.45, 7) is 0. The topological polar surface area (TPSA) is 45.5 Å². The molecule has 2 aromatic rings. The van der Waals surface area contributed by atoms with Crippen molar-refractivity contribution in [1.29, 1.82) is 0 Å². The highest BCUT2D eigenvalue weighted by atomic mass is 35.5. The molecule has 0 spiro atoms. The molecule has 0 amide bonds. The van der Waals surface area contributed by atoms with Gasteiger partial charge in [0.1, 0.15) is 0 Å². The van der Waals surface area contributed by atoms with Gasteiger partial charge in [-0.15, -0.1) is 11.6 Å². The highest BCUT2D eigenvalue weighted by Gasteiger charge is 2.16. The van der Waals surface area contributed by atoms with Crippen LogP contribution in [0.15, 0.2) is 18.2 Å². The number of benzene rings is 1. The quantitative estimate of drug-likeness (QED) is 0.796. The average Bonchev–Trinajstić information content (AvgIpc) is 2.86. The Morgan fingerprint density at radius 2 is 1.65 bits per heavy atom. The summed E-state index contributed by atoms with van der Waals surface area (Å²) in [5, 5.41) is 4.33. The molecule has 0 unspecified atom stereocenters. The molecule has 0 aliphatic carbocycles. The lowest BCUT2D eigenvalue weighted by Gasteiger charge is -2.14. The number of hydrogen-bond donors (Lipinski definition) is 0. The molecule has 0 saturated heterocycles. The molecule has 108 valence electrons. The molecule has 6 heteroatoms. The number of ether oxygens (including phenoxy) is 3. The molecule has 20 heavy (non-hydrogen) atoms. The van der Waals surface area contributed by atoms with Gasteiger partial charge in [0.25, 0.3) is 0 Å². The van der Waals surface area contributed by atoms with Crippen LogP contribution < -0.4 is 14.2 Å². The maximum Gasteiger partial charge on any atom is 0.203 e. The van der Waals surface area contributed by atoms with Crippen LogP contribution in [0.5, 0.6) is 17.2 Å². The van der Waals surface area contributed by atoms with Crippen molar-refractivity contribution in [3.05, 3.63) is 23.9 Å². The smallest absolute Gasteiger partial charge is 0.203 e. The number of rotatable bonds is 5. The first-order valence-electron chi connectivity index (χ1n) is 6.03. The summed E-state index contributed by atoms with van der Waals surface area (Å²) in [7, 11) is 6.63. The predicted molar refractivity (Wildman–Crippen MR) is 77.9 cm³/mol. The summed E-state index contributed by atoms with van der Waals surface area (Å²) in [6.07, 6.45) is 0. The third kappa shape index (κ3) is 2.54. The minimum atomic E-state index is 0.373. The van der Waals surface area contributed by atoms with E-state index in [0.717, 1.165) is 17.0 Å². The molecule has 0 saturated carbocycles. The summed E-state index contributed by atoms with van der Waals surface area (Å²) in [5.74, 6) is 2.16. The van der Waals surface area contributed by atoms with Crippen molar-refractivity contribution in [3.8, 4) is 28.5 Å². The Morgan fingerprint density at radius 3 is 2.05 bits per heavy atom. The average molecular weight is 297 g/mol. The second-order valence-corrected chi connectivity index (χ2v) is 4.46. The third-order valence-corrected chi connectivity index (χ3v) is 3.30. The fraction of sp³-hybridized carbons (Fsp3) is 0.357. The van der Waals surface area contributed by atoms with Gasteiger partial charge >= 0.3 is 0 Å². The van der Waals surface area contributed by atoms with Crippen LogP contribution in [0.3, 0.4) is 0 Å². The lowest BCUT2D eigenvalue weighted by molar-refractivity contribution is 0.324. The highest BCUT2D eigenvalue weighted by Crippen LogP contribution is 2.41. The number of aryl methyl sites for hydroxylation is 1. The number of aromatic nitrogens is 2. The largest absolute Gasteiger partial charge is 0.493 e. The zero-order valence-corrected chi connectivity index (χ0v) is 12.7. The third-order valence-electron chi connectivity index (χ3n) is 3.03.